The zero-order valence-electron chi connectivity index (χ0n) is 11.0. The number of nitrogens with one attached hydrogen (secondary N) is 1. The third-order valence-corrected chi connectivity index (χ3v) is 4.95. The fourth-order valence-electron chi connectivity index (χ4n) is 1.38. The fraction of sp³-hybridized carbons (Fsp3) is 0.273. The number of amides is 1. The molecule has 0 spiro atoms. The predicted molar refractivity (Wildman–Crippen MR) is 88.7 cm³/mol. The van der Waals surface area contributed by atoms with Gasteiger partial charge in [0.05, 0.1) is 31.6 Å². The third kappa shape index (κ3) is 5.61. The first kappa shape index (κ1) is 19.6. The van der Waals surface area contributed by atoms with Gasteiger partial charge in [-0.3, -0.25) is 4.79 Å². The third-order valence-electron chi connectivity index (χ3n) is 2.24. The van der Waals surface area contributed by atoms with E-state index in [1.165, 1.54) is 13.0 Å². The molecule has 0 aromatic heterocycles. The Bertz CT molecular complexity index is 719. The summed E-state index contributed by atoms with van der Waals surface area (Å²) in [4.78, 5) is 23.2. The van der Waals surface area contributed by atoms with Crippen molar-refractivity contribution in [3.8, 4) is 0 Å². The van der Waals surface area contributed by atoms with Crippen molar-refractivity contribution < 1.29 is 27.3 Å². The zero-order valence-corrected chi connectivity index (χ0v) is 16.6. The van der Waals surface area contributed by atoms with Crippen LogP contribution in [0.25, 0.3) is 0 Å². The molecule has 0 aliphatic carbocycles. The van der Waals surface area contributed by atoms with Crippen molar-refractivity contribution in [1.29, 1.82) is 0 Å². The number of hydrogen-bond donors (Lipinski definition) is 1. The van der Waals surface area contributed by atoms with Crippen LogP contribution in [0.2, 0.25) is 0 Å². The SMILES string of the molecule is CC(=O)Nc1c(Br)cc(Br)c(C(=O)OCCS(=O)(=O)[O-])c1Br. The summed E-state index contributed by atoms with van der Waals surface area (Å²) in [5, 5.41) is 2.54. The first-order valence-corrected chi connectivity index (χ1v) is 9.54. The second-order valence-corrected chi connectivity index (χ2v) is 8.01. The molecule has 1 amide bonds. The highest BCUT2D eigenvalue weighted by molar-refractivity contribution is 9.11. The molecule has 122 valence electrons. The number of benzene rings is 1. The normalized spacial score (nSPS) is 11.1. The summed E-state index contributed by atoms with van der Waals surface area (Å²) >= 11 is 9.61. The number of ether oxygens (including phenoxy) is 1. The Hall–Kier alpha value is -0.490. The molecule has 0 atom stereocenters. The first-order chi connectivity index (χ1) is 10.0. The molecular formula is C11H9Br3NO6S-. The highest BCUT2D eigenvalue weighted by Gasteiger charge is 2.21. The summed E-state index contributed by atoms with van der Waals surface area (Å²) in [6.07, 6.45) is 0. The van der Waals surface area contributed by atoms with Crippen molar-refractivity contribution in [1.82, 2.24) is 0 Å². The van der Waals surface area contributed by atoms with Gasteiger partial charge in [-0.05, 0) is 53.9 Å². The average molecular weight is 523 g/mol. The van der Waals surface area contributed by atoms with Gasteiger partial charge in [-0.1, -0.05) is 0 Å². The number of halogens is 3. The Labute approximate surface area is 151 Å². The molecule has 22 heavy (non-hydrogen) atoms. The molecule has 0 bridgehead atoms. The van der Waals surface area contributed by atoms with Crippen molar-refractivity contribution in [3.63, 3.8) is 0 Å². The summed E-state index contributed by atoms with van der Waals surface area (Å²) in [6, 6.07) is 1.52. The number of anilines is 1. The summed E-state index contributed by atoms with van der Waals surface area (Å²) in [5.41, 5.74) is 0.370. The molecule has 0 saturated carbocycles. The smallest absolute Gasteiger partial charge is 0.340 e. The molecule has 1 aromatic carbocycles. The van der Waals surface area contributed by atoms with Gasteiger partial charge in [0.15, 0.2) is 0 Å². The van der Waals surface area contributed by atoms with Crippen LogP contribution in [-0.4, -0.2) is 37.2 Å². The molecule has 1 aromatic rings. The summed E-state index contributed by atoms with van der Waals surface area (Å²) in [5.74, 6) is -2.01. The predicted octanol–water partition coefficient (Wildman–Crippen LogP) is 2.63. The van der Waals surface area contributed by atoms with Gasteiger partial charge in [-0.25, -0.2) is 13.2 Å². The standard InChI is InChI=1S/C11H10Br3NO6S/c1-5(16)15-10-7(13)4-6(12)8(9(10)14)11(17)21-2-3-22(18,19)20/h4H,2-3H2,1H3,(H,15,16)(H,18,19,20)/p-1. The van der Waals surface area contributed by atoms with Gasteiger partial charge in [-0.2, -0.15) is 0 Å². The van der Waals surface area contributed by atoms with E-state index in [1.807, 2.05) is 0 Å². The Kier molecular flexibility index (Phi) is 6.99. The maximum atomic E-state index is 12.0. The average Bonchev–Trinajstić information content (AvgIpc) is 2.32. The Morgan fingerprint density at radius 3 is 2.36 bits per heavy atom. The van der Waals surface area contributed by atoms with Crippen molar-refractivity contribution >= 4 is 75.5 Å². The van der Waals surface area contributed by atoms with Crippen LogP contribution in [0.15, 0.2) is 19.5 Å². The molecule has 7 nitrogen and oxygen atoms in total. The maximum Gasteiger partial charge on any atom is 0.340 e. The lowest BCUT2D eigenvalue weighted by Crippen LogP contribution is -2.16. The van der Waals surface area contributed by atoms with Crippen LogP contribution in [0.4, 0.5) is 5.69 Å². The second kappa shape index (κ2) is 7.86. The summed E-state index contributed by atoms with van der Waals surface area (Å²) < 4.78 is 37.3. The highest BCUT2D eigenvalue weighted by Crippen LogP contribution is 2.38. The number of rotatable bonds is 5. The minimum atomic E-state index is -4.47. The Morgan fingerprint density at radius 1 is 1.27 bits per heavy atom. The Balaban J connectivity index is 3.08. The molecule has 0 fully saturated rings. The maximum absolute atomic E-state index is 12.0. The lowest BCUT2D eigenvalue weighted by molar-refractivity contribution is -0.114. The lowest BCUT2D eigenvalue weighted by Gasteiger charge is -2.14. The van der Waals surface area contributed by atoms with Gasteiger partial charge in [0, 0.05) is 15.9 Å². The Morgan fingerprint density at radius 2 is 1.86 bits per heavy atom. The van der Waals surface area contributed by atoms with Gasteiger partial charge >= 0.3 is 5.97 Å². The minimum Gasteiger partial charge on any atom is -0.748 e. The van der Waals surface area contributed by atoms with E-state index in [0.717, 1.165) is 0 Å². The molecule has 11 heteroatoms. The van der Waals surface area contributed by atoms with Crippen molar-refractivity contribution in [2.75, 3.05) is 17.7 Å². The molecule has 1 N–H and O–H groups in total. The van der Waals surface area contributed by atoms with Gasteiger partial charge in [0.1, 0.15) is 6.61 Å². The van der Waals surface area contributed by atoms with Crippen LogP contribution < -0.4 is 5.32 Å². The fourth-order valence-corrected chi connectivity index (χ4v) is 4.31. The van der Waals surface area contributed by atoms with Crippen LogP contribution in [-0.2, 0) is 19.6 Å². The molecular weight excluding hydrogens is 514 g/mol. The monoisotopic (exact) mass is 520 g/mol. The van der Waals surface area contributed by atoms with E-state index in [-0.39, 0.29) is 15.9 Å². The van der Waals surface area contributed by atoms with E-state index in [0.29, 0.717) is 14.6 Å². The van der Waals surface area contributed by atoms with E-state index >= 15 is 0 Å². The van der Waals surface area contributed by atoms with Crippen LogP contribution in [0.1, 0.15) is 17.3 Å². The van der Waals surface area contributed by atoms with Crippen molar-refractivity contribution in [2.45, 2.75) is 6.92 Å². The quantitative estimate of drug-likeness (QED) is 0.470. The molecule has 0 radical (unpaired) electrons. The van der Waals surface area contributed by atoms with E-state index < -0.39 is 28.4 Å². The summed E-state index contributed by atoms with van der Waals surface area (Å²) in [7, 11) is -4.47. The van der Waals surface area contributed by atoms with Crippen LogP contribution in [0, 0.1) is 0 Å². The highest BCUT2D eigenvalue weighted by atomic mass is 79.9. The van der Waals surface area contributed by atoms with Crippen molar-refractivity contribution in [2.24, 2.45) is 0 Å². The summed E-state index contributed by atoms with van der Waals surface area (Å²) in [6.45, 7) is 0.743. The van der Waals surface area contributed by atoms with Gasteiger partial charge < -0.3 is 14.6 Å². The largest absolute Gasteiger partial charge is 0.748 e. The minimum absolute atomic E-state index is 0.0512. The first-order valence-electron chi connectivity index (χ1n) is 5.58. The van der Waals surface area contributed by atoms with Crippen LogP contribution in [0.5, 0.6) is 0 Å². The molecule has 0 aliphatic rings. The van der Waals surface area contributed by atoms with Gasteiger partial charge in [-0.15, -0.1) is 0 Å². The van der Waals surface area contributed by atoms with Crippen LogP contribution in [0.3, 0.4) is 0 Å². The molecule has 0 saturated heterocycles. The van der Waals surface area contributed by atoms with Gasteiger partial charge in [0.2, 0.25) is 5.91 Å². The van der Waals surface area contributed by atoms with Crippen LogP contribution >= 0.6 is 47.8 Å². The number of carbonyl (C=O) groups is 2. The second-order valence-electron chi connectivity index (χ2n) is 3.98. The molecule has 0 unspecified atom stereocenters. The van der Waals surface area contributed by atoms with E-state index in [4.69, 9.17) is 4.74 Å². The number of esters is 1. The van der Waals surface area contributed by atoms with Gasteiger partial charge in [0.25, 0.3) is 0 Å². The van der Waals surface area contributed by atoms with Crippen molar-refractivity contribution in [3.05, 3.63) is 25.0 Å². The molecule has 1 rings (SSSR count). The topological polar surface area (TPSA) is 113 Å². The molecule has 0 heterocycles. The van der Waals surface area contributed by atoms with E-state index in [1.54, 1.807) is 0 Å². The zero-order chi connectivity index (χ0) is 17.1. The number of carbonyl (C=O) groups excluding carboxylic acids is 2. The molecule has 0 aliphatic heterocycles. The van der Waals surface area contributed by atoms with E-state index in [9.17, 15) is 22.6 Å². The lowest BCUT2D eigenvalue weighted by atomic mass is 10.2. The van der Waals surface area contributed by atoms with E-state index in [2.05, 4.69) is 53.1 Å². The number of hydrogen-bond acceptors (Lipinski definition) is 6.